The molecule has 1 unspecified atom stereocenters. The largest absolute Gasteiger partial charge is 0.493 e. The van der Waals surface area contributed by atoms with Crippen molar-refractivity contribution in [2.45, 2.75) is 23.5 Å². The lowest BCUT2D eigenvalue weighted by molar-refractivity contribution is -0.115. The van der Waals surface area contributed by atoms with Crippen LogP contribution in [-0.2, 0) is 4.79 Å². The fraction of sp³-hybridized carbons (Fsp3) is 0.179. The minimum Gasteiger partial charge on any atom is -0.493 e. The maximum absolute atomic E-state index is 13.1. The van der Waals surface area contributed by atoms with Crippen molar-refractivity contribution >= 4 is 68.9 Å². The summed E-state index contributed by atoms with van der Waals surface area (Å²) in [6.07, 6.45) is 0.599. The van der Waals surface area contributed by atoms with Gasteiger partial charge in [0.1, 0.15) is 0 Å². The van der Waals surface area contributed by atoms with Crippen LogP contribution >= 0.6 is 46.3 Å². The number of aromatic nitrogens is 1. The maximum Gasteiger partial charge on any atom is 0.257 e. The van der Waals surface area contributed by atoms with Crippen LogP contribution in [0.4, 0.5) is 10.8 Å². The summed E-state index contributed by atoms with van der Waals surface area (Å²) in [4.78, 5) is 31.2. The molecule has 11 heteroatoms. The molecule has 0 fully saturated rings. The number of halogens is 2. The van der Waals surface area contributed by atoms with Gasteiger partial charge in [-0.2, -0.15) is 0 Å². The average Bonchev–Trinajstić information content (AvgIpc) is 3.39. The van der Waals surface area contributed by atoms with Crippen LogP contribution in [0, 0.1) is 0 Å². The van der Waals surface area contributed by atoms with E-state index in [1.165, 1.54) is 29.2 Å². The van der Waals surface area contributed by atoms with E-state index >= 15 is 0 Å². The predicted molar refractivity (Wildman–Crippen MR) is 160 cm³/mol. The van der Waals surface area contributed by atoms with Gasteiger partial charge in [-0.3, -0.25) is 9.59 Å². The van der Waals surface area contributed by atoms with E-state index in [-0.39, 0.29) is 22.1 Å². The number of hydrogen-bond donors (Lipinski definition) is 2. The van der Waals surface area contributed by atoms with Gasteiger partial charge >= 0.3 is 0 Å². The molecule has 1 aromatic heterocycles. The minimum absolute atomic E-state index is 0.155. The Morgan fingerprint density at radius 2 is 1.79 bits per heavy atom. The number of benzene rings is 3. The first-order valence-corrected chi connectivity index (χ1v) is 14.3. The Balaban J connectivity index is 1.41. The topological polar surface area (TPSA) is 89.6 Å². The van der Waals surface area contributed by atoms with Gasteiger partial charge in [0.2, 0.25) is 5.91 Å². The summed E-state index contributed by atoms with van der Waals surface area (Å²) in [6, 6.07) is 17.6. The highest BCUT2D eigenvalue weighted by Crippen LogP contribution is 2.34. The van der Waals surface area contributed by atoms with E-state index in [9.17, 15) is 9.59 Å². The van der Waals surface area contributed by atoms with E-state index in [4.69, 9.17) is 32.7 Å². The molecule has 4 rings (SSSR count). The second-order valence-electron chi connectivity index (χ2n) is 8.22. The fourth-order valence-electron chi connectivity index (χ4n) is 3.65. The molecule has 1 atom stereocenters. The summed E-state index contributed by atoms with van der Waals surface area (Å²) in [5.41, 5.74) is 2.48. The molecule has 4 aromatic rings. The lowest BCUT2D eigenvalue weighted by atomic mass is 10.1. The van der Waals surface area contributed by atoms with Crippen molar-refractivity contribution in [1.29, 1.82) is 0 Å². The van der Waals surface area contributed by atoms with Crippen LogP contribution in [0.15, 0.2) is 70.9 Å². The Kier molecular flexibility index (Phi) is 9.74. The second-order valence-corrected chi connectivity index (χ2v) is 11.2. The number of carbonyl (C=O) groups is 2. The average molecular weight is 603 g/mol. The monoisotopic (exact) mass is 601 g/mol. The minimum atomic E-state index is -0.366. The quantitative estimate of drug-likeness (QED) is 0.180. The van der Waals surface area contributed by atoms with Crippen LogP contribution in [0.2, 0.25) is 10.0 Å². The fourth-order valence-corrected chi connectivity index (χ4v) is 5.88. The first-order valence-electron chi connectivity index (χ1n) is 11.8. The van der Waals surface area contributed by atoms with Crippen LogP contribution in [0.1, 0.15) is 23.7 Å². The summed E-state index contributed by atoms with van der Waals surface area (Å²) >= 11 is 14.9. The van der Waals surface area contributed by atoms with Crippen LogP contribution in [0.5, 0.6) is 11.5 Å². The molecule has 0 saturated carbocycles. The maximum atomic E-state index is 13.1. The zero-order valence-corrected chi connectivity index (χ0v) is 24.4. The molecule has 0 bridgehead atoms. The van der Waals surface area contributed by atoms with Gasteiger partial charge in [0.05, 0.1) is 35.7 Å². The molecule has 0 spiro atoms. The van der Waals surface area contributed by atoms with E-state index in [0.29, 0.717) is 39.3 Å². The number of amides is 2. The van der Waals surface area contributed by atoms with Crippen molar-refractivity contribution in [2.75, 3.05) is 24.9 Å². The Morgan fingerprint density at radius 3 is 2.51 bits per heavy atom. The molecule has 1 heterocycles. The molecule has 0 aliphatic carbocycles. The number of rotatable bonds is 10. The highest BCUT2D eigenvalue weighted by atomic mass is 35.5. The number of thioether (sulfide) groups is 1. The predicted octanol–water partition coefficient (Wildman–Crippen LogP) is 7.90. The Labute approximate surface area is 244 Å². The molecule has 0 aliphatic rings. The number of anilines is 2. The number of thiazole rings is 1. The van der Waals surface area contributed by atoms with Gasteiger partial charge in [-0.15, -0.1) is 23.1 Å². The van der Waals surface area contributed by atoms with E-state index in [2.05, 4.69) is 15.6 Å². The third kappa shape index (κ3) is 7.24. The standard InChI is InChI=1S/C28H25Cl2N3O4S2/c1-4-25(27(35)33-28-32-22(15-38-28)16-8-11-23(36-2)24(12-16)37-3)39-19-7-5-6-18(14-19)31-26(34)20-10-9-17(29)13-21(20)30/h5-15,25H,4H2,1-3H3,(H,31,34)(H,32,33,35). The third-order valence-corrected chi connectivity index (χ3v) is 8.29. The SMILES string of the molecule is CCC(Sc1cccc(NC(=O)c2ccc(Cl)cc2Cl)c1)C(=O)Nc1nc(-c2ccc(OC)c(OC)c2)cs1. The summed E-state index contributed by atoms with van der Waals surface area (Å²) in [5, 5.41) is 8.52. The Bertz CT molecular complexity index is 1500. The van der Waals surface area contributed by atoms with E-state index in [1.807, 2.05) is 48.7 Å². The van der Waals surface area contributed by atoms with Gasteiger partial charge in [0.25, 0.3) is 5.91 Å². The molecule has 0 saturated heterocycles. The number of carbonyl (C=O) groups excluding carboxylic acids is 2. The number of nitrogens with zero attached hydrogens (tertiary/aromatic N) is 1. The summed E-state index contributed by atoms with van der Waals surface area (Å²) < 4.78 is 10.7. The Hall–Kier alpha value is -3.24. The second kappa shape index (κ2) is 13.2. The van der Waals surface area contributed by atoms with E-state index < -0.39 is 0 Å². The number of ether oxygens (including phenoxy) is 2. The van der Waals surface area contributed by atoms with E-state index in [1.54, 1.807) is 32.4 Å². The first-order chi connectivity index (χ1) is 18.8. The van der Waals surface area contributed by atoms with Gasteiger partial charge < -0.3 is 20.1 Å². The first kappa shape index (κ1) is 28.8. The van der Waals surface area contributed by atoms with Gasteiger partial charge in [0, 0.05) is 26.5 Å². The molecule has 202 valence electrons. The van der Waals surface area contributed by atoms with Gasteiger partial charge in [0.15, 0.2) is 16.6 Å². The van der Waals surface area contributed by atoms with E-state index in [0.717, 1.165) is 16.2 Å². The lowest BCUT2D eigenvalue weighted by Crippen LogP contribution is -2.24. The molecule has 0 radical (unpaired) electrons. The molecule has 3 aromatic carbocycles. The molecule has 7 nitrogen and oxygen atoms in total. The lowest BCUT2D eigenvalue weighted by Gasteiger charge is -2.14. The number of methoxy groups -OCH3 is 2. The van der Waals surface area contributed by atoms with Crippen molar-refractivity contribution in [2.24, 2.45) is 0 Å². The van der Waals surface area contributed by atoms with Crippen molar-refractivity contribution in [1.82, 2.24) is 4.98 Å². The summed E-state index contributed by atoms with van der Waals surface area (Å²) in [6.45, 7) is 1.95. The number of hydrogen-bond acceptors (Lipinski definition) is 7. The van der Waals surface area contributed by atoms with Crippen molar-refractivity contribution < 1.29 is 19.1 Å². The molecule has 0 aliphatic heterocycles. The zero-order chi connectivity index (χ0) is 27.9. The van der Waals surface area contributed by atoms with Crippen molar-refractivity contribution in [3.63, 3.8) is 0 Å². The molecular weight excluding hydrogens is 577 g/mol. The van der Waals surface area contributed by atoms with Gasteiger partial charge in [-0.1, -0.05) is 36.2 Å². The Morgan fingerprint density at radius 1 is 1.00 bits per heavy atom. The van der Waals surface area contributed by atoms with Gasteiger partial charge in [-0.25, -0.2) is 4.98 Å². The van der Waals surface area contributed by atoms with Crippen LogP contribution in [0.25, 0.3) is 11.3 Å². The molecular formula is C28H25Cl2N3O4S2. The van der Waals surface area contributed by atoms with Crippen LogP contribution in [0.3, 0.4) is 0 Å². The van der Waals surface area contributed by atoms with Gasteiger partial charge in [-0.05, 0) is 61.0 Å². The van der Waals surface area contributed by atoms with Crippen LogP contribution < -0.4 is 20.1 Å². The van der Waals surface area contributed by atoms with Crippen molar-refractivity contribution in [3.8, 4) is 22.8 Å². The highest BCUT2D eigenvalue weighted by Gasteiger charge is 2.20. The smallest absolute Gasteiger partial charge is 0.257 e. The van der Waals surface area contributed by atoms with Crippen LogP contribution in [-0.4, -0.2) is 36.3 Å². The highest BCUT2D eigenvalue weighted by molar-refractivity contribution is 8.00. The molecule has 2 amide bonds. The number of nitrogens with one attached hydrogen (secondary N) is 2. The third-order valence-electron chi connectivity index (χ3n) is 5.62. The summed E-state index contributed by atoms with van der Waals surface area (Å²) in [5.74, 6) is 0.728. The molecule has 39 heavy (non-hydrogen) atoms. The van der Waals surface area contributed by atoms with Crippen molar-refractivity contribution in [3.05, 3.63) is 81.7 Å². The normalized spacial score (nSPS) is 11.5. The zero-order valence-electron chi connectivity index (χ0n) is 21.3. The summed E-state index contributed by atoms with van der Waals surface area (Å²) in [7, 11) is 3.16. The molecule has 2 N–H and O–H groups in total.